The van der Waals surface area contributed by atoms with Gasteiger partial charge in [0.05, 0.1) is 42.8 Å². The third-order valence-corrected chi connectivity index (χ3v) is 10.3. The summed E-state index contributed by atoms with van der Waals surface area (Å²) in [6, 6.07) is -0.768. The van der Waals surface area contributed by atoms with E-state index in [4.69, 9.17) is 33.2 Å². The summed E-state index contributed by atoms with van der Waals surface area (Å²) in [5.74, 6) is -3.00. The average Bonchev–Trinajstić information content (AvgIpc) is 3.06. The predicted molar refractivity (Wildman–Crippen MR) is 195 cm³/mol. The summed E-state index contributed by atoms with van der Waals surface area (Å²) in [4.78, 5) is 52.2. The van der Waals surface area contributed by atoms with E-state index in [0.717, 1.165) is 0 Å². The number of likely N-dealkylation sites (N-methyl/N-ethyl adjacent to an activating group) is 1. The third-order valence-electron chi connectivity index (χ3n) is 10.3. The van der Waals surface area contributed by atoms with Crippen LogP contribution in [0.3, 0.4) is 0 Å². The number of hydrogen-bond acceptors (Lipinski definition) is 15. The van der Waals surface area contributed by atoms with E-state index in [-0.39, 0.29) is 25.0 Å². The highest BCUT2D eigenvalue weighted by atomic mass is 16.7. The highest BCUT2D eigenvalue weighted by Gasteiger charge is 2.52. The van der Waals surface area contributed by atoms with E-state index in [0.29, 0.717) is 12.7 Å². The second-order valence-electron chi connectivity index (χ2n) is 15.7. The van der Waals surface area contributed by atoms with Crippen molar-refractivity contribution >= 4 is 24.0 Å². The van der Waals surface area contributed by atoms with Gasteiger partial charge in [0.2, 0.25) is 0 Å². The van der Waals surface area contributed by atoms with Gasteiger partial charge < -0.3 is 58.2 Å². The topological polar surface area (TPSA) is 197 Å². The Kier molecular flexibility index (Phi) is 17.4. The zero-order valence-electron chi connectivity index (χ0n) is 33.4. The first-order valence-corrected chi connectivity index (χ1v) is 18.9. The van der Waals surface area contributed by atoms with Crippen LogP contribution in [0.2, 0.25) is 0 Å². The summed E-state index contributed by atoms with van der Waals surface area (Å²) in [7, 11) is 4.82. The molecule has 0 aromatic rings. The highest BCUT2D eigenvalue weighted by molar-refractivity contribution is 5.91. The van der Waals surface area contributed by atoms with Gasteiger partial charge in [-0.25, -0.2) is 0 Å². The van der Waals surface area contributed by atoms with Crippen molar-refractivity contribution in [1.29, 1.82) is 0 Å². The van der Waals surface area contributed by atoms with Gasteiger partial charge in [0, 0.05) is 32.3 Å². The maximum absolute atomic E-state index is 13.1. The van der Waals surface area contributed by atoms with E-state index in [9.17, 15) is 34.5 Å². The number of allylic oxidation sites excluding steroid dienone is 3. The molecule has 0 spiro atoms. The van der Waals surface area contributed by atoms with E-state index in [1.807, 2.05) is 0 Å². The van der Waals surface area contributed by atoms with E-state index in [1.54, 1.807) is 85.7 Å². The molecule has 3 rings (SSSR count). The monoisotopic (exact) mass is 769 g/mol. The molecule has 0 aromatic heterocycles. The van der Waals surface area contributed by atoms with Gasteiger partial charge in [-0.05, 0) is 60.2 Å². The summed E-state index contributed by atoms with van der Waals surface area (Å²) in [5.41, 5.74) is -1.49. The van der Waals surface area contributed by atoms with Gasteiger partial charge in [-0.2, -0.15) is 0 Å². The first-order valence-electron chi connectivity index (χ1n) is 18.9. The van der Waals surface area contributed by atoms with Crippen molar-refractivity contribution in [2.24, 2.45) is 17.8 Å². The van der Waals surface area contributed by atoms with Crippen molar-refractivity contribution < 1.29 is 67.7 Å². The Morgan fingerprint density at radius 2 is 1.72 bits per heavy atom. The molecule has 0 unspecified atom stereocenters. The number of esters is 2. The molecule has 2 saturated heterocycles. The molecule has 3 N–H and O–H groups in total. The van der Waals surface area contributed by atoms with Gasteiger partial charge in [-0.1, -0.05) is 39.0 Å². The smallest absolute Gasteiger partial charge is 0.308 e. The van der Waals surface area contributed by atoms with Crippen LogP contribution >= 0.6 is 0 Å². The Bertz CT molecular complexity index is 1300. The molecule has 0 amide bonds. The van der Waals surface area contributed by atoms with Crippen molar-refractivity contribution in [2.45, 2.75) is 160 Å². The van der Waals surface area contributed by atoms with Crippen LogP contribution in [0.1, 0.15) is 80.6 Å². The van der Waals surface area contributed by atoms with Crippen LogP contribution in [0.4, 0.5) is 0 Å². The minimum absolute atomic E-state index is 0.0424. The van der Waals surface area contributed by atoms with E-state index in [1.165, 1.54) is 13.2 Å². The number of hydrogen-bond donors (Lipinski definition) is 3. The van der Waals surface area contributed by atoms with Crippen LogP contribution in [0.5, 0.6) is 0 Å². The second-order valence-corrected chi connectivity index (χ2v) is 15.7. The van der Waals surface area contributed by atoms with Crippen molar-refractivity contribution in [3.05, 3.63) is 24.3 Å². The molecule has 54 heavy (non-hydrogen) atoms. The Hall–Kier alpha value is -2.60. The number of carbonyl (C=O) groups excluding carboxylic acids is 4. The number of cyclic esters (lactones) is 1. The van der Waals surface area contributed by atoms with Gasteiger partial charge in [-0.15, -0.1) is 0 Å². The molecule has 15 atom stereocenters. The van der Waals surface area contributed by atoms with Crippen molar-refractivity contribution in [3.63, 3.8) is 0 Å². The highest BCUT2D eigenvalue weighted by Crippen LogP contribution is 2.37. The van der Waals surface area contributed by atoms with Crippen LogP contribution in [0.15, 0.2) is 24.3 Å². The SMILES string of the molecule is CO[C@@H]1[C@@H](O[C@@H]2O[C@H](C)[C@@H](O[C@H]3C[C@@](C)(O)[C@@H](OC(=O)C(C)C)[C@H](C)O3)[C@H](N(C)C)[C@H]2O)[C@@H](CC=O)C[C@@H](C)C(=O)/C=C/C=C/C[C@@H](C)OC(=O)C[C@H]1O. The summed E-state index contributed by atoms with van der Waals surface area (Å²) in [6.45, 7) is 11.8. The fraction of sp³-hybridized carbons (Fsp3) is 0.795. The molecule has 0 saturated carbocycles. The molecule has 3 heterocycles. The Labute approximate surface area is 319 Å². The molecule has 0 bridgehead atoms. The number of methoxy groups -OCH3 is 1. The minimum atomic E-state index is -1.49. The number of ether oxygens (including phenoxy) is 7. The number of ketones is 1. The first kappa shape index (κ1) is 45.8. The first-order chi connectivity index (χ1) is 25.3. The molecule has 308 valence electrons. The Morgan fingerprint density at radius 3 is 2.31 bits per heavy atom. The lowest BCUT2D eigenvalue weighted by atomic mass is 9.83. The Morgan fingerprint density at radius 1 is 1.04 bits per heavy atom. The van der Waals surface area contributed by atoms with Gasteiger partial charge in [0.25, 0.3) is 0 Å². The third kappa shape index (κ3) is 12.2. The zero-order chi connectivity index (χ0) is 40.5. The average molecular weight is 770 g/mol. The standard InChI is InChI=1S/C39H63NO14/c1-21(2)37(46)54-36-25(6)50-30(20-39(36,7)47)52-33-24(5)51-38(32(45)31(33)40(8)9)53-34-26(16-17-41)18-22(3)27(42)15-13-11-12-14-23(4)49-29(44)19-28(43)35(34)48-10/h11-13,15,17,21-26,28,30-36,38,43,45,47H,14,16,18-20H2,1-10H3/b12-11+,15-13+/t22-,23-,24-,25+,26+,28-,30+,31-,32-,33-,34+,35+,36+,38+,39-/m1/s1. The molecule has 2 fully saturated rings. The summed E-state index contributed by atoms with van der Waals surface area (Å²) >= 11 is 0. The quantitative estimate of drug-likeness (QED) is 0.216. The molecule has 15 nitrogen and oxygen atoms in total. The van der Waals surface area contributed by atoms with Crippen LogP contribution in [0, 0.1) is 17.8 Å². The van der Waals surface area contributed by atoms with Crippen molar-refractivity contribution in [3.8, 4) is 0 Å². The molecular formula is C39H63NO14. The van der Waals surface area contributed by atoms with E-state index >= 15 is 0 Å². The predicted octanol–water partition coefficient (Wildman–Crippen LogP) is 2.26. The van der Waals surface area contributed by atoms with E-state index in [2.05, 4.69) is 0 Å². The van der Waals surface area contributed by atoms with Gasteiger partial charge in [0.1, 0.15) is 36.3 Å². The van der Waals surface area contributed by atoms with Gasteiger partial charge in [-0.3, -0.25) is 14.4 Å². The lowest BCUT2D eigenvalue weighted by Gasteiger charge is -2.50. The number of aldehydes is 1. The molecule has 0 aromatic carbocycles. The molecule has 0 radical (unpaired) electrons. The molecule has 0 aliphatic carbocycles. The van der Waals surface area contributed by atoms with Crippen molar-refractivity contribution in [2.75, 3.05) is 21.2 Å². The summed E-state index contributed by atoms with van der Waals surface area (Å²) in [6.07, 6.45) is -4.08. The normalized spacial score (nSPS) is 41.6. The van der Waals surface area contributed by atoms with Gasteiger partial charge in [0.15, 0.2) is 24.5 Å². The fourth-order valence-corrected chi connectivity index (χ4v) is 7.41. The summed E-state index contributed by atoms with van der Waals surface area (Å²) < 4.78 is 42.1. The largest absolute Gasteiger partial charge is 0.462 e. The van der Waals surface area contributed by atoms with Crippen molar-refractivity contribution in [1.82, 2.24) is 4.90 Å². The second kappa shape index (κ2) is 20.5. The molecular weight excluding hydrogens is 706 g/mol. The van der Waals surface area contributed by atoms with Crippen LogP contribution in [-0.2, 0) is 52.3 Å². The number of aliphatic hydroxyl groups is 3. The minimum Gasteiger partial charge on any atom is -0.462 e. The molecule has 3 aliphatic heterocycles. The molecule has 15 heteroatoms. The number of nitrogens with zero attached hydrogens (tertiary/aromatic N) is 1. The maximum atomic E-state index is 13.1. The van der Waals surface area contributed by atoms with Gasteiger partial charge >= 0.3 is 11.9 Å². The zero-order valence-corrected chi connectivity index (χ0v) is 33.4. The van der Waals surface area contributed by atoms with Crippen LogP contribution in [-0.4, -0.2) is 145 Å². The lowest BCUT2D eigenvalue weighted by molar-refractivity contribution is -0.344. The number of aliphatic hydroxyl groups excluding tert-OH is 2. The van der Waals surface area contributed by atoms with E-state index < -0.39 is 115 Å². The van der Waals surface area contributed by atoms with Crippen LogP contribution < -0.4 is 0 Å². The Balaban J connectivity index is 1.92. The summed E-state index contributed by atoms with van der Waals surface area (Å²) in [5, 5.41) is 34.7. The number of rotatable bonds is 10. The molecule has 3 aliphatic rings. The number of carbonyl (C=O) groups is 4. The fourth-order valence-electron chi connectivity index (χ4n) is 7.41. The maximum Gasteiger partial charge on any atom is 0.308 e. The van der Waals surface area contributed by atoms with Crippen LogP contribution in [0.25, 0.3) is 0 Å². The lowest BCUT2D eigenvalue weighted by Crippen LogP contribution is -2.66.